The first-order chi connectivity index (χ1) is 8.29. The van der Waals surface area contributed by atoms with Crippen molar-refractivity contribution in [2.24, 2.45) is 11.7 Å². The molecule has 0 heterocycles. The van der Waals surface area contributed by atoms with E-state index in [1.165, 1.54) is 6.07 Å². The molecule has 100 valence electrons. The highest BCUT2D eigenvalue weighted by molar-refractivity contribution is 5.41. The molecule has 18 heavy (non-hydrogen) atoms. The number of hydrogen-bond donors (Lipinski definition) is 1. The van der Waals surface area contributed by atoms with Gasteiger partial charge in [0.1, 0.15) is 5.82 Å². The summed E-state index contributed by atoms with van der Waals surface area (Å²) in [7, 11) is 0. The fraction of sp³-hybridized carbons (Fsp3) is 0.538. The summed E-state index contributed by atoms with van der Waals surface area (Å²) >= 11 is 0. The van der Waals surface area contributed by atoms with Gasteiger partial charge < -0.3 is 5.73 Å². The van der Waals surface area contributed by atoms with E-state index in [4.69, 9.17) is 5.73 Å². The Kier molecular flexibility index (Phi) is 3.13. The largest absolute Gasteiger partial charge is 0.416 e. The van der Waals surface area contributed by atoms with E-state index < -0.39 is 23.1 Å². The van der Waals surface area contributed by atoms with Crippen LogP contribution in [0.3, 0.4) is 0 Å². The van der Waals surface area contributed by atoms with Crippen molar-refractivity contribution in [3.63, 3.8) is 0 Å². The second-order valence-electron chi connectivity index (χ2n) is 4.92. The van der Waals surface area contributed by atoms with Crippen molar-refractivity contribution in [3.8, 4) is 0 Å². The lowest BCUT2D eigenvalue weighted by Gasteiger charge is -2.19. The molecule has 0 aliphatic heterocycles. The predicted octanol–water partition coefficient (Wildman–Crippen LogP) is 3.82. The molecule has 0 saturated heterocycles. The van der Waals surface area contributed by atoms with E-state index >= 15 is 0 Å². The minimum Gasteiger partial charge on any atom is -0.321 e. The summed E-state index contributed by atoms with van der Waals surface area (Å²) in [5, 5.41) is 0. The molecule has 1 fully saturated rings. The van der Waals surface area contributed by atoms with E-state index in [9.17, 15) is 17.6 Å². The highest BCUT2D eigenvalue weighted by atomic mass is 19.4. The lowest BCUT2D eigenvalue weighted by atomic mass is 9.95. The molecule has 0 radical (unpaired) electrons. The third kappa shape index (κ3) is 2.23. The van der Waals surface area contributed by atoms with Crippen molar-refractivity contribution >= 4 is 0 Å². The number of nitrogens with two attached hydrogens (primary N) is 1. The van der Waals surface area contributed by atoms with Gasteiger partial charge in [0.15, 0.2) is 0 Å². The molecule has 2 unspecified atom stereocenters. The molecule has 0 bridgehead atoms. The monoisotopic (exact) mass is 261 g/mol. The van der Waals surface area contributed by atoms with Gasteiger partial charge in [-0.2, -0.15) is 13.2 Å². The number of hydrogen-bond acceptors (Lipinski definition) is 1. The van der Waals surface area contributed by atoms with Crippen molar-refractivity contribution in [3.05, 3.63) is 35.1 Å². The van der Waals surface area contributed by atoms with Crippen LogP contribution in [0, 0.1) is 11.7 Å². The van der Waals surface area contributed by atoms with Gasteiger partial charge in [-0.05, 0) is 36.5 Å². The van der Waals surface area contributed by atoms with Crippen LogP contribution >= 0.6 is 0 Å². The van der Waals surface area contributed by atoms with Gasteiger partial charge in [0.25, 0.3) is 0 Å². The predicted molar refractivity (Wildman–Crippen MR) is 60.3 cm³/mol. The van der Waals surface area contributed by atoms with Gasteiger partial charge in [-0.3, -0.25) is 0 Å². The fourth-order valence-corrected chi connectivity index (χ4v) is 2.54. The Morgan fingerprint density at radius 3 is 2.61 bits per heavy atom. The van der Waals surface area contributed by atoms with Gasteiger partial charge in [-0.25, -0.2) is 4.39 Å². The van der Waals surface area contributed by atoms with Gasteiger partial charge in [0.2, 0.25) is 0 Å². The van der Waals surface area contributed by atoms with Crippen LogP contribution in [0.25, 0.3) is 0 Å². The van der Waals surface area contributed by atoms with Crippen molar-refractivity contribution < 1.29 is 17.6 Å². The molecule has 1 aromatic carbocycles. The van der Waals surface area contributed by atoms with Gasteiger partial charge in [0, 0.05) is 5.54 Å². The van der Waals surface area contributed by atoms with Crippen LogP contribution in [0.15, 0.2) is 18.2 Å². The summed E-state index contributed by atoms with van der Waals surface area (Å²) in [6.45, 7) is 1.97. The summed E-state index contributed by atoms with van der Waals surface area (Å²) < 4.78 is 51.6. The average Bonchev–Trinajstić information content (AvgIpc) is 2.89. The molecule has 0 spiro atoms. The molecule has 1 aromatic rings. The molecule has 1 saturated carbocycles. The molecular weight excluding hydrogens is 246 g/mol. The van der Waals surface area contributed by atoms with Gasteiger partial charge >= 0.3 is 6.18 Å². The van der Waals surface area contributed by atoms with E-state index in [1.807, 2.05) is 6.92 Å². The van der Waals surface area contributed by atoms with Crippen molar-refractivity contribution in [2.75, 3.05) is 0 Å². The van der Waals surface area contributed by atoms with E-state index in [1.54, 1.807) is 0 Å². The van der Waals surface area contributed by atoms with E-state index in [-0.39, 0.29) is 11.5 Å². The smallest absolute Gasteiger partial charge is 0.321 e. The number of rotatable bonds is 3. The quantitative estimate of drug-likeness (QED) is 0.822. The Labute approximate surface area is 103 Å². The highest BCUT2D eigenvalue weighted by Gasteiger charge is 2.54. The van der Waals surface area contributed by atoms with Gasteiger partial charge in [0.05, 0.1) is 5.56 Å². The first-order valence-corrected chi connectivity index (χ1v) is 5.95. The zero-order valence-electron chi connectivity index (χ0n) is 10.0. The summed E-state index contributed by atoms with van der Waals surface area (Å²) in [6, 6.07) is 2.75. The number of benzene rings is 1. The van der Waals surface area contributed by atoms with Crippen molar-refractivity contribution in [1.82, 2.24) is 0 Å². The molecule has 5 heteroatoms. The van der Waals surface area contributed by atoms with E-state index in [2.05, 4.69) is 0 Å². The van der Waals surface area contributed by atoms with Crippen LogP contribution in [0.4, 0.5) is 17.6 Å². The molecule has 0 amide bonds. The normalized spacial score (nSPS) is 27.3. The Balaban J connectivity index is 2.40. The number of alkyl halides is 3. The topological polar surface area (TPSA) is 26.0 Å². The molecule has 1 nitrogen and oxygen atoms in total. The first kappa shape index (κ1) is 13.3. The third-order valence-electron chi connectivity index (χ3n) is 3.58. The summed E-state index contributed by atoms with van der Waals surface area (Å²) in [6.07, 6.45) is -2.35. The first-order valence-electron chi connectivity index (χ1n) is 5.95. The van der Waals surface area contributed by atoms with Crippen LogP contribution in [0.2, 0.25) is 0 Å². The van der Waals surface area contributed by atoms with Crippen LogP contribution in [-0.2, 0) is 11.7 Å². The maximum atomic E-state index is 13.0. The van der Waals surface area contributed by atoms with Crippen LogP contribution < -0.4 is 5.73 Å². The van der Waals surface area contributed by atoms with E-state index in [0.29, 0.717) is 12.5 Å². The number of halogens is 4. The van der Waals surface area contributed by atoms with Gasteiger partial charge in [-0.15, -0.1) is 0 Å². The van der Waals surface area contributed by atoms with Crippen molar-refractivity contribution in [2.45, 2.75) is 37.9 Å². The average molecular weight is 261 g/mol. The summed E-state index contributed by atoms with van der Waals surface area (Å²) in [4.78, 5) is 0. The van der Waals surface area contributed by atoms with Crippen LogP contribution in [0.5, 0.6) is 0 Å². The zero-order chi connectivity index (χ0) is 13.6. The SMILES string of the molecule is CCCC1CC1(N)c1ccc(F)cc1C(F)(F)F. The lowest BCUT2D eigenvalue weighted by molar-refractivity contribution is -0.138. The standard InChI is InChI=1S/C13H15F4N/c1-2-3-8-7-12(8,18)10-5-4-9(14)6-11(10)13(15,16)17/h4-6,8H,2-3,7,18H2,1H3. The maximum absolute atomic E-state index is 13.0. The molecule has 1 aliphatic carbocycles. The molecule has 2 rings (SSSR count). The molecule has 0 aromatic heterocycles. The Morgan fingerprint density at radius 1 is 1.39 bits per heavy atom. The Morgan fingerprint density at radius 2 is 2.06 bits per heavy atom. The molecule has 2 N–H and O–H groups in total. The Hall–Kier alpha value is -1.10. The lowest BCUT2D eigenvalue weighted by Crippen LogP contribution is -2.26. The second kappa shape index (κ2) is 4.23. The zero-order valence-corrected chi connectivity index (χ0v) is 10.0. The maximum Gasteiger partial charge on any atom is 0.416 e. The fourth-order valence-electron chi connectivity index (χ4n) is 2.54. The van der Waals surface area contributed by atoms with Crippen LogP contribution in [0.1, 0.15) is 37.3 Å². The minimum atomic E-state index is -4.57. The molecular formula is C13H15F4N. The minimum absolute atomic E-state index is 0.0230. The summed E-state index contributed by atoms with van der Waals surface area (Å²) in [5.74, 6) is -0.823. The Bertz CT molecular complexity index is 455. The molecule has 2 atom stereocenters. The summed E-state index contributed by atoms with van der Waals surface area (Å²) in [5.41, 5.74) is 4.17. The molecule has 1 aliphatic rings. The van der Waals surface area contributed by atoms with Crippen molar-refractivity contribution in [1.29, 1.82) is 0 Å². The highest BCUT2D eigenvalue weighted by Crippen LogP contribution is 2.54. The third-order valence-corrected chi connectivity index (χ3v) is 3.58. The van der Waals surface area contributed by atoms with Gasteiger partial charge in [-0.1, -0.05) is 19.4 Å². The van der Waals surface area contributed by atoms with E-state index in [0.717, 1.165) is 18.9 Å². The second-order valence-corrected chi connectivity index (χ2v) is 4.92. The van der Waals surface area contributed by atoms with Crippen LogP contribution in [-0.4, -0.2) is 0 Å².